The molecule has 0 aliphatic carbocycles. The monoisotopic (exact) mass is 147 g/mol. The number of rotatable bonds is 0. The number of carbonyl (C=O) groups is 1. The maximum Gasteiger partial charge on any atom is 0.343 e. The lowest BCUT2D eigenvalue weighted by Gasteiger charge is -2.28. The Kier molecular flexibility index (Phi) is 1.82. The van der Waals surface area contributed by atoms with E-state index in [0.717, 1.165) is 11.4 Å². The summed E-state index contributed by atoms with van der Waals surface area (Å²) in [6.07, 6.45) is 0.895. The van der Waals surface area contributed by atoms with Crippen molar-refractivity contribution < 1.29 is 4.79 Å². The van der Waals surface area contributed by atoms with Gasteiger partial charge in [0.15, 0.2) is 0 Å². The van der Waals surface area contributed by atoms with Crippen LogP contribution in [0, 0.1) is 0 Å². The zero-order valence-electron chi connectivity index (χ0n) is 4.95. The average molecular weight is 147 g/mol. The second kappa shape index (κ2) is 2.45. The molecule has 52 valence electrons. The fraction of sp³-hybridized carbons (Fsp3) is 0.750. The maximum absolute atomic E-state index is 10.8. The van der Waals surface area contributed by atoms with Crippen molar-refractivity contribution in [1.82, 2.24) is 9.31 Å². The molecule has 9 heavy (non-hydrogen) atoms. The molecular weight excluding hydrogens is 138 g/mol. The van der Waals surface area contributed by atoms with Crippen molar-refractivity contribution in [3.63, 3.8) is 0 Å². The third kappa shape index (κ3) is 1.28. The number of nitrogens with zero attached hydrogens (tertiary/aromatic N) is 2. The summed E-state index contributed by atoms with van der Waals surface area (Å²) in [5.41, 5.74) is 0. The lowest BCUT2D eigenvalue weighted by molar-refractivity contribution is 0.165. The normalized spacial score (nSPS) is 20.9. The highest BCUT2D eigenvalue weighted by atomic mass is 32.1. The van der Waals surface area contributed by atoms with Gasteiger partial charge < -0.3 is 0 Å². The van der Waals surface area contributed by atoms with Gasteiger partial charge in [-0.15, -0.1) is 0 Å². The van der Waals surface area contributed by atoms with E-state index in [1.54, 1.807) is 0 Å². The van der Waals surface area contributed by atoms with E-state index in [9.17, 15) is 4.79 Å². The summed E-state index contributed by atoms with van der Waals surface area (Å²) in [4.78, 5) is 10.8. The molecule has 0 radical (unpaired) electrons. The van der Waals surface area contributed by atoms with Crippen LogP contribution in [-0.2, 0) is 0 Å². The van der Waals surface area contributed by atoms with Gasteiger partial charge in [-0.2, -0.15) is 0 Å². The Morgan fingerprint density at radius 2 is 2.22 bits per heavy atom. The van der Waals surface area contributed by atoms with Crippen molar-refractivity contribution in [2.75, 3.05) is 13.1 Å². The van der Waals surface area contributed by atoms with E-state index in [1.165, 1.54) is 4.31 Å². The topological polar surface area (TPSA) is 49.6 Å². The highest BCUT2D eigenvalue weighted by molar-refractivity contribution is 7.78. The number of thiol groups is 1. The van der Waals surface area contributed by atoms with Gasteiger partial charge in [-0.1, -0.05) is 12.8 Å². The minimum Gasteiger partial charge on any atom is -0.270 e. The summed E-state index contributed by atoms with van der Waals surface area (Å²) < 4.78 is 1.31. The van der Waals surface area contributed by atoms with Crippen LogP contribution in [0.4, 0.5) is 4.79 Å². The fourth-order valence-electron chi connectivity index (χ4n) is 0.730. The number of hydrogen-bond donors (Lipinski definition) is 2. The summed E-state index contributed by atoms with van der Waals surface area (Å²) in [7, 11) is 0. The van der Waals surface area contributed by atoms with E-state index in [1.807, 2.05) is 0 Å². The molecule has 1 saturated heterocycles. The number of hydrogen-bond acceptors (Lipinski definition) is 3. The third-order valence-electron chi connectivity index (χ3n) is 1.24. The Morgan fingerprint density at radius 3 is 2.67 bits per heavy atom. The summed E-state index contributed by atoms with van der Waals surface area (Å²) in [5.74, 6) is 5.26. The summed E-state index contributed by atoms with van der Waals surface area (Å²) in [6, 6.07) is -0.218. The minimum absolute atomic E-state index is 0.218. The third-order valence-corrected chi connectivity index (χ3v) is 1.61. The first kappa shape index (κ1) is 6.70. The maximum atomic E-state index is 10.8. The Morgan fingerprint density at radius 1 is 1.56 bits per heavy atom. The van der Waals surface area contributed by atoms with Crippen molar-refractivity contribution in [2.45, 2.75) is 6.42 Å². The van der Waals surface area contributed by atoms with Crippen molar-refractivity contribution in [2.24, 2.45) is 5.84 Å². The Hall–Kier alpha value is -0.420. The molecule has 0 spiro atoms. The van der Waals surface area contributed by atoms with Crippen LogP contribution in [0.2, 0.25) is 0 Å². The highest BCUT2D eigenvalue weighted by Gasteiger charge is 2.19. The molecule has 0 aromatic carbocycles. The van der Waals surface area contributed by atoms with Crippen molar-refractivity contribution in [3.8, 4) is 0 Å². The first-order valence-corrected chi connectivity index (χ1v) is 3.14. The Bertz CT molecular complexity index is 117. The lowest BCUT2D eigenvalue weighted by atomic mass is 10.4. The lowest BCUT2D eigenvalue weighted by Crippen LogP contribution is -2.48. The van der Waals surface area contributed by atoms with Crippen molar-refractivity contribution in [1.29, 1.82) is 0 Å². The number of urea groups is 1. The van der Waals surface area contributed by atoms with Gasteiger partial charge in [-0.3, -0.25) is 9.31 Å². The van der Waals surface area contributed by atoms with E-state index in [-0.39, 0.29) is 6.03 Å². The van der Waals surface area contributed by atoms with Crippen molar-refractivity contribution in [3.05, 3.63) is 0 Å². The molecule has 1 aliphatic rings. The van der Waals surface area contributed by atoms with Gasteiger partial charge >= 0.3 is 6.03 Å². The molecular formula is C4H9N3OS. The first-order valence-electron chi connectivity index (χ1n) is 2.74. The standard InChI is InChI=1S/C4H9N3OS/c5-6-2-1-3-7(9)4(6)8/h9H,1-3,5H2. The zero-order chi connectivity index (χ0) is 6.85. The Balaban J connectivity index is 2.52. The molecule has 1 heterocycles. The second-order valence-electron chi connectivity index (χ2n) is 1.95. The second-order valence-corrected chi connectivity index (χ2v) is 2.44. The molecule has 1 aliphatic heterocycles. The predicted molar refractivity (Wildman–Crippen MR) is 36.6 cm³/mol. The van der Waals surface area contributed by atoms with Gasteiger partial charge in [0.1, 0.15) is 0 Å². The van der Waals surface area contributed by atoms with Crippen LogP contribution in [0.25, 0.3) is 0 Å². The largest absolute Gasteiger partial charge is 0.343 e. The van der Waals surface area contributed by atoms with E-state index < -0.39 is 0 Å². The van der Waals surface area contributed by atoms with E-state index in [2.05, 4.69) is 12.8 Å². The fourth-order valence-corrected chi connectivity index (χ4v) is 0.987. The molecule has 0 atom stereocenters. The molecule has 0 saturated carbocycles. The van der Waals surface area contributed by atoms with Crippen LogP contribution in [0.3, 0.4) is 0 Å². The van der Waals surface area contributed by atoms with E-state index in [0.29, 0.717) is 13.1 Å². The summed E-state index contributed by atoms with van der Waals surface area (Å²) >= 11 is 3.88. The van der Waals surface area contributed by atoms with Crippen molar-refractivity contribution >= 4 is 18.8 Å². The Labute approximate surface area is 59.1 Å². The first-order chi connectivity index (χ1) is 4.22. The molecule has 2 N–H and O–H groups in total. The minimum atomic E-state index is -0.218. The molecule has 2 amide bonds. The van der Waals surface area contributed by atoms with Gasteiger partial charge in [-0.05, 0) is 6.42 Å². The van der Waals surface area contributed by atoms with Crippen LogP contribution >= 0.6 is 12.8 Å². The average Bonchev–Trinajstić information content (AvgIpc) is 1.83. The van der Waals surface area contributed by atoms with Crippen LogP contribution < -0.4 is 5.84 Å². The van der Waals surface area contributed by atoms with Gasteiger partial charge in [0.25, 0.3) is 0 Å². The number of amides is 2. The molecule has 1 fully saturated rings. The number of nitrogens with two attached hydrogens (primary N) is 1. The molecule has 4 nitrogen and oxygen atoms in total. The van der Waals surface area contributed by atoms with Crippen LogP contribution in [-0.4, -0.2) is 28.4 Å². The number of carbonyl (C=O) groups excluding carboxylic acids is 1. The summed E-state index contributed by atoms with van der Waals surface area (Å²) in [5, 5.41) is 1.16. The van der Waals surface area contributed by atoms with Gasteiger partial charge in [-0.25, -0.2) is 10.6 Å². The molecule has 5 heteroatoms. The molecule has 0 aromatic rings. The number of hydrazine groups is 1. The smallest absolute Gasteiger partial charge is 0.270 e. The summed E-state index contributed by atoms with van der Waals surface area (Å²) in [6.45, 7) is 1.32. The molecule has 0 bridgehead atoms. The van der Waals surface area contributed by atoms with Crippen LogP contribution in [0.1, 0.15) is 6.42 Å². The zero-order valence-corrected chi connectivity index (χ0v) is 5.84. The van der Waals surface area contributed by atoms with E-state index in [4.69, 9.17) is 5.84 Å². The molecule has 0 aromatic heterocycles. The predicted octanol–water partition coefficient (Wildman–Crippen LogP) is -0.167. The van der Waals surface area contributed by atoms with Gasteiger partial charge in [0, 0.05) is 13.1 Å². The van der Waals surface area contributed by atoms with Crippen LogP contribution in [0.5, 0.6) is 0 Å². The molecule has 1 rings (SSSR count). The van der Waals surface area contributed by atoms with E-state index >= 15 is 0 Å². The quantitative estimate of drug-likeness (QED) is 0.284. The molecule has 0 unspecified atom stereocenters. The SMILES string of the molecule is NN1CCCN(S)C1=O. The highest BCUT2D eigenvalue weighted by Crippen LogP contribution is 2.06. The van der Waals surface area contributed by atoms with Crippen LogP contribution in [0.15, 0.2) is 0 Å². The van der Waals surface area contributed by atoms with Gasteiger partial charge in [0.2, 0.25) is 0 Å². The van der Waals surface area contributed by atoms with Gasteiger partial charge in [0.05, 0.1) is 0 Å².